The lowest BCUT2D eigenvalue weighted by atomic mass is 9.73. The summed E-state index contributed by atoms with van der Waals surface area (Å²) in [6, 6.07) is 0. The summed E-state index contributed by atoms with van der Waals surface area (Å²) in [5.41, 5.74) is -0.842. The second-order valence-corrected chi connectivity index (χ2v) is 4.65. The molecule has 0 aliphatic heterocycles. The Hall–Kier alpha value is -0.0800. The van der Waals surface area contributed by atoms with Crippen LogP contribution >= 0.6 is 0 Å². The summed E-state index contributed by atoms with van der Waals surface area (Å²) in [6.45, 7) is 6.09. The minimum Gasteiger partial charge on any atom is -0.390 e. The molecule has 0 saturated heterocycles. The van der Waals surface area contributed by atoms with E-state index in [9.17, 15) is 10.2 Å². The molecule has 1 fully saturated rings. The summed E-state index contributed by atoms with van der Waals surface area (Å²) < 4.78 is 0. The average molecular weight is 172 g/mol. The quantitative estimate of drug-likeness (QED) is 0.630. The van der Waals surface area contributed by atoms with Crippen molar-refractivity contribution in [3.8, 4) is 0 Å². The van der Waals surface area contributed by atoms with Gasteiger partial charge in [0.15, 0.2) is 0 Å². The van der Waals surface area contributed by atoms with E-state index >= 15 is 0 Å². The van der Waals surface area contributed by atoms with Crippen LogP contribution < -0.4 is 0 Å². The highest BCUT2D eigenvalue weighted by Crippen LogP contribution is 2.35. The number of aliphatic hydroxyl groups excluding tert-OH is 1. The van der Waals surface area contributed by atoms with Gasteiger partial charge in [-0.15, -0.1) is 0 Å². The fraction of sp³-hybridized carbons (Fsp3) is 1.00. The topological polar surface area (TPSA) is 40.5 Å². The van der Waals surface area contributed by atoms with Crippen molar-refractivity contribution in [2.75, 3.05) is 0 Å². The minimum atomic E-state index is -0.842. The molecule has 2 nitrogen and oxygen atoms in total. The van der Waals surface area contributed by atoms with E-state index in [2.05, 4.69) is 13.8 Å². The van der Waals surface area contributed by atoms with Gasteiger partial charge >= 0.3 is 0 Å². The van der Waals surface area contributed by atoms with Gasteiger partial charge in [0.25, 0.3) is 0 Å². The lowest BCUT2D eigenvalue weighted by molar-refractivity contribution is -0.103. The van der Waals surface area contributed by atoms with Gasteiger partial charge in [0.05, 0.1) is 11.7 Å². The molecule has 1 rings (SSSR count). The van der Waals surface area contributed by atoms with Gasteiger partial charge in [-0.05, 0) is 38.0 Å². The SMILES string of the molecule is CC(C)[C@H]1CCC(C)(O)[C@H](O)C1. The Morgan fingerprint density at radius 2 is 2.00 bits per heavy atom. The normalized spacial score (nSPS) is 43.5. The maximum absolute atomic E-state index is 9.69. The summed E-state index contributed by atoms with van der Waals surface area (Å²) >= 11 is 0. The van der Waals surface area contributed by atoms with E-state index < -0.39 is 11.7 Å². The molecule has 12 heavy (non-hydrogen) atoms. The van der Waals surface area contributed by atoms with Crippen molar-refractivity contribution < 1.29 is 10.2 Å². The van der Waals surface area contributed by atoms with Gasteiger partial charge < -0.3 is 10.2 Å². The number of aliphatic hydroxyl groups is 2. The Kier molecular flexibility index (Phi) is 2.79. The fourth-order valence-corrected chi connectivity index (χ4v) is 1.91. The molecule has 0 amide bonds. The van der Waals surface area contributed by atoms with Gasteiger partial charge in [0, 0.05) is 0 Å². The smallest absolute Gasteiger partial charge is 0.0877 e. The van der Waals surface area contributed by atoms with Crippen molar-refractivity contribution in [2.24, 2.45) is 11.8 Å². The molecule has 0 bridgehead atoms. The molecular weight excluding hydrogens is 152 g/mol. The third-order valence-corrected chi connectivity index (χ3v) is 3.21. The summed E-state index contributed by atoms with van der Waals surface area (Å²) in [5, 5.41) is 19.3. The molecule has 2 heteroatoms. The van der Waals surface area contributed by atoms with Crippen molar-refractivity contribution >= 4 is 0 Å². The lowest BCUT2D eigenvalue weighted by Crippen LogP contribution is -2.45. The Bertz CT molecular complexity index is 152. The predicted octanol–water partition coefficient (Wildman–Crippen LogP) is 1.55. The molecule has 1 saturated carbocycles. The zero-order chi connectivity index (χ0) is 9.35. The van der Waals surface area contributed by atoms with Crippen LogP contribution in [-0.4, -0.2) is 21.9 Å². The van der Waals surface area contributed by atoms with E-state index in [0.29, 0.717) is 11.8 Å². The van der Waals surface area contributed by atoms with Gasteiger partial charge in [-0.2, -0.15) is 0 Å². The number of hydrogen-bond donors (Lipinski definition) is 2. The first-order valence-corrected chi connectivity index (χ1v) is 4.84. The van der Waals surface area contributed by atoms with Crippen LogP contribution in [0, 0.1) is 11.8 Å². The molecule has 1 aliphatic carbocycles. The van der Waals surface area contributed by atoms with E-state index in [1.807, 2.05) is 0 Å². The van der Waals surface area contributed by atoms with E-state index in [1.54, 1.807) is 6.92 Å². The molecule has 0 spiro atoms. The molecule has 0 aromatic heterocycles. The third-order valence-electron chi connectivity index (χ3n) is 3.21. The van der Waals surface area contributed by atoms with Crippen LogP contribution in [-0.2, 0) is 0 Å². The van der Waals surface area contributed by atoms with Crippen LogP contribution in [0.3, 0.4) is 0 Å². The monoisotopic (exact) mass is 172 g/mol. The first-order chi connectivity index (χ1) is 5.43. The van der Waals surface area contributed by atoms with Crippen LogP contribution in [0.15, 0.2) is 0 Å². The van der Waals surface area contributed by atoms with Crippen LogP contribution in [0.25, 0.3) is 0 Å². The third kappa shape index (κ3) is 1.99. The Morgan fingerprint density at radius 1 is 1.42 bits per heavy atom. The summed E-state index contributed by atoms with van der Waals surface area (Å²) in [7, 11) is 0. The van der Waals surface area contributed by atoms with E-state index in [4.69, 9.17) is 0 Å². The highest BCUT2D eigenvalue weighted by molar-refractivity contribution is 4.89. The maximum Gasteiger partial charge on any atom is 0.0877 e. The van der Waals surface area contributed by atoms with Crippen LogP contribution in [0.1, 0.15) is 40.0 Å². The van der Waals surface area contributed by atoms with E-state index in [0.717, 1.165) is 19.3 Å². The standard InChI is InChI=1S/C10H20O2/c1-7(2)8-4-5-10(3,12)9(11)6-8/h7-9,11-12H,4-6H2,1-3H3/t8-,9+,10?/m0/s1. The van der Waals surface area contributed by atoms with Crippen molar-refractivity contribution in [3.63, 3.8) is 0 Å². The molecule has 0 aromatic rings. The van der Waals surface area contributed by atoms with Crippen LogP contribution in [0.4, 0.5) is 0 Å². The van der Waals surface area contributed by atoms with Gasteiger partial charge in [-0.3, -0.25) is 0 Å². The van der Waals surface area contributed by atoms with E-state index in [1.165, 1.54) is 0 Å². The second-order valence-electron chi connectivity index (χ2n) is 4.65. The summed E-state index contributed by atoms with van der Waals surface area (Å²) in [5.74, 6) is 1.20. The first-order valence-electron chi connectivity index (χ1n) is 4.84. The van der Waals surface area contributed by atoms with E-state index in [-0.39, 0.29) is 0 Å². The van der Waals surface area contributed by atoms with Gasteiger partial charge in [-0.1, -0.05) is 13.8 Å². The molecule has 3 atom stereocenters. The highest BCUT2D eigenvalue weighted by atomic mass is 16.3. The Morgan fingerprint density at radius 3 is 2.42 bits per heavy atom. The molecule has 72 valence electrons. The Labute approximate surface area is 74.6 Å². The predicted molar refractivity (Wildman–Crippen MR) is 48.8 cm³/mol. The summed E-state index contributed by atoms with van der Waals surface area (Å²) in [4.78, 5) is 0. The number of rotatable bonds is 1. The fourth-order valence-electron chi connectivity index (χ4n) is 1.91. The van der Waals surface area contributed by atoms with Crippen molar-refractivity contribution in [2.45, 2.75) is 51.7 Å². The number of hydrogen-bond acceptors (Lipinski definition) is 2. The zero-order valence-electron chi connectivity index (χ0n) is 8.25. The Balaban J connectivity index is 2.52. The lowest BCUT2D eigenvalue weighted by Gasteiger charge is -2.39. The molecule has 0 radical (unpaired) electrons. The van der Waals surface area contributed by atoms with Gasteiger partial charge in [0.2, 0.25) is 0 Å². The average Bonchev–Trinajstić information content (AvgIpc) is 1.94. The van der Waals surface area contributed by atoms with Crippen molar-refractivity contribution in [3.05, 3.63) is 0 Å². The van der Waals surface area contributed by atoms with Gasteiger partial charge in [0.1, 0.15) is 0 Å². The molecule has 1 aliphatic rings. The molecule has 0 heterocycles. The van der Waals surface area contributed by atoms with Gasteiger partial charge in [-0.25, -0.2) is 0 Å². The van der Waals surface area contributed by atoms with Crippen molar-refractivity contribution in [1.29, 1.82) is 0 Å². The largest absolute Gasteiger partial charge is 0.390 e. The van der Waals surface area contributed by atoms with Crippen LogP contribution in [0.5, 0.6) is 0 Å². The molecule has 1 unspecified atom stereocenters. The molecule has 2 N–H and O–H groups in total. The second kappa shape index (κ2) is 3.35. The first kappa shape index (κ1) is 10.0. The molecule has 0 aromatic carbocycles. The zero-order valence-corrected chi connectivity index (χ0v) is 8.25. The summed E-state index contributed by atoms with van der Waals surface area (Å²) in [6.07, 6.45) is 2.00. The molecular formula is C10H20O2. The van der Waals surface area contributed by atoms with Crippen molar-refractivity contribution in [1.82, 2.24) is 0 Å². The highest BCUT2D eigenvalue weighted by Gasteiger charge is 2.37. The minimum absolute atomic E-state index is 0.529. The maximum atomic E-state index is 9.69. The van der Waals surface area contributed by atoms with Crippen LogP contribution in [0.2, 0.25) is 0 Å².